The number of aromatic nitrogens is 2. The van der Waals surface area contributed by atoms with Crippen molar-refractivity contribution in [1.29, 1.82) is 0 Å². The van der Waals surface area contributed by atoms with Crippen LogP contribution in [0.5, 0.6) is 0 Å². The Labute approximate surface area is 97.9 Å². The van der Waals surface area contributed by atoms with Gasteiger partial charge in [-0.05, 0) is 6.07 Å². The second kappa shape index (κ2) is 4.13. The molecule has 0 radical (unpaired) electrons. The summed E-state index contributed by atoms with van der Waals surface area (Å²) in [5, 5.41) is 8.65. The van der Waals surface area contributed by atoms with Gasteiger partial charge in [-0.3, -0.25) is 0 Å². The summed E-state index contributed by atoms with van der Waals surface area (Å²) >= 11 is 0. The predicted molar refractivity (Wildman–Crippen MR) is 51.7 cm³/mol. The van der Waals surface area contributed by atoms with Crippen molar-refractivity contribution in [2.45, 2.75) is 6.18 Å². The molecular formula is C10H5F3N2O3. The molecule has 0 saturated carbocycles. The molecule has 2 aromatic heterocycles. The molecule has 8 heteroatoms. The monoisotopic (exact) mass is 258 g/mol. The minimum atomic E-state index is -4.87. The molecule has 0 aromatic carbocycles. The van der Waals surface area contributed by atoms with Crippen LogP contribution in [0, 0.1) is 0 Å². The fraction of sp³-hybridized carbons (Fsp3) is 0.100. The summed E-state index contributed by atoms with van der Waals surface area (Å²) in [6.45, 7) is 0. The van der Waals surface area contributed by atoms with Crippen molar-refractivity contribution >= 4 is 5.97 Å². The van der Waals surface area contributed by atoms with Gasteiger partial charge in [0, 0.05) is 6.20 Å². The normalized spacial score (nSPS) is 11.5. The van der Waals surface area contributed by atoms with Crippen molar-refractivity contribution in [1.82, 2.24) is 9.97 Å². The molecule has 1 N–H and O–H groups in total. The zero-order valence-corrected chi connectivity index (χ0v) is 8.60. The maximum absolute atomic E-state index is 12.7. The highest BCUT2D eigenvalue weighted by Gasteiger charge is 2.38. The summed E-state index contributed by atoms with van der Waals surface area (Å²) in [6, 6.07) is 1.37. The molecule has 18 heavy (non-hydrogen) atoms. The highest BCUT2D eigenvalue weighted by atomic mass is 19.4. The van der Waals surface area contributed by atoms with Gasteiger partial charge in [0.05, 0.1) is 11.8 Å². The van der Waals surface area contributed by atoms with Crippen molar-refractivity contribution in [2.24, 2.45) is 0 Å². The Morgan fingerprint density at radius 2 is 2.11 bits per heavy atom. The Morgan fingerprint density at radius 3 is 2.61 bits per heavy atom. The Morgan fingerprint density at radius 1 is 1.39 bits per heavy atom. The fourth-order valence-corrected chi connectivity index (χ4v) is 1.29. The SMILES string of the molecule is O=C(O)c1cnc(-c2ccoc2)nc1C(F)(F)F. The van der Waals surface area contributed by atoms with Crippen LogP contribution >= 0.6 is 0 Å². The average Bonchev–Trinajstić information content (AvgIpc) is 2.80. The van der Waals surface area contributed by atoms with E-state index >= 15 is 0 Å². The van der Waals surface area contributed by atoms with E-state index in [-0.39, 0.29) is 11.4 Å². The van der Waals surface area contributed by atoms with Gasteiger partial charge in [0.1, 0.15) is 11.8 Å². The van der Waals surface area contributed by atoms with Gasteiger partial charge >= 0.3 is 12.1 Å². The van der Waals surface area contributed by atoms with Gasteiger partial charge in [-0.25, -0.2) is 14.8 Å². The van der Waals surface area contributed by atoms with Crippen molar-refractivity contribution in [3.8, 4) is 11.4 Å². The van der Waals surface area contributed by atoms with Crippen LogP contribution in [0.15, 0.2) is 29.2 Å². The van der Waals surface area contributed by atoms with Gasteiger partial charge in [-0.15, -0.1) is 0 Å². The second-order valence-corrected chi connectivity index (χ2v) is 3.27. The second-order valence-electron chi connectivity index (χ2n) is 3.27. The third kappa shape index (κ3) is 2.17. The maximum Gasteiger partial charge on any atom is 0.434 e. The molecule has 0 bridgehead atoms. The van der Waals surface area contributed by atoms with E-state index in [0.29, 0.717) is 6.20 Å². The van der Waals surface area contributed by atoms with Crippen LogP contribution in [-0.4, -0.2) is 21.0 Å². The number of hydrogen-bond donors (Lipinski definition) is 1. The molecule has 0 fully saturated rings. The average molecular weight is 258 g/mol. The van der Waals surface area contributed by atoms with Gasteiger partial charge in [0.2, 0.25) is 0 Å². The Kier molecular flexibility index (Phi) is 2.77. The predicted octanol–water partition coefficient (Wildman–Crippen LogP) is 2.45. The van der Waals surface area contributed by atoms with Crippen LogP contribution in [-0.2, 0) is 6.18 Å². The Hall–Kier alpha value is -2.38. The van der Waals surface area contributed by atoms with E-state index in [1.54, 1.807) is 0 Å². The van der Waals surface area contributed by atoms with Crippen LogP contribution < -0.4 is 0 Å². The number of nitrogens with zero attached hydrogens (tertiary/aromatic N) is 2. The van der Waals surface area contributed by atoms with Gasteiger partial charge in [0.15, 0.2) is 11.5 Å². The maximum atomic E-state index is 12.7. The molecule has 0 saturated heterocycles. The van der Waals surface area contributed by atoms with Crippen molar-refractivity contribution in [3.63, 3.8) is 0 Å². The van der Waals surface area contributed by atoms with Gasteiger partial charge in [-0.1, -0.05) is 0 Å². The summed E-state index contributed by atoms with van der Waals surface area (Å²) in [6.07, 6.45) is -1.83. The van der Waals surface area contributed by atoms with Crippen LogP contribution in [0.4, 0.5) is 13.2 Å². The molecular weight excluding hydrogens is 253 g/mol. The first-order valence-corrected chi connectivity index (χ1v) is 4.59. The van der Waals surface area contributed by atoms with E-state index < -0.39 is 23.4 Å². The molecule has 2 heterocycles. The number of alkyl halides is 3. The van der Waals surface area contributed by atoms with Crippen LogP contribution in [0.3, 0.4) is 0 Å². The van der Waals surface area contributed by atoms with E-state index in [1.165, 1.54) is 12.3 Å². The highest BCUT2D eigenvalue weighted by molar-refractivity contribution is 5.88. The zero-order valence-electron chi connectivity index (χ0n) is 8.60. The number of hydrogen-bond acceptors (Lipinski definition) is 4. The first-order valence-electron chi connectivity index (χ1n) is 4.59. The number of halogens is 3. The lowest BCUT2D eigenvalue weighted by Gasteiger charge is -2.09. The van der Waals surface area contributed by atoms with Crippen molar-refractivity contribution < 1.29 is 27.5 Å². The number of aromatic carboxylic acids is 1. The standard InChI is InChI=1S/C10H5F3N2O3/c11-10(12,13)7-6(9(16)17)3-14-8(15-7)5-1-2-18-4-5/h1-4H,(H,16,17). The molecule has 94 valence electrons. The topological polar surface area (TPSA) is 76.2 Å². The van der Waals surface area contributed by atoms with E-state index in [4.69, 9.17) is 9.52 Å². The van der Waals surface area contributed by atoms with E-state index in [2.05, 4.69) is 9.97 Å². The summed E-state index contributed by atoms with van der Waals surface area (Å²) < 4.78 is 42.7. The molecule has 0 amide bonds. The number of carboxylic acids is 1. The lowest BCUT2D eigenvalue weighted by molar-refractivity contribution is -0.141. The van der Waals surface area contributed by atoms with Gasteiger partial charge in [0.25, 0.3) is 0 Å². The quantitative estimate of drug-likeness (QED) is 0.895. The first kappa shape index (κ1) is 12.1. The summed E-state index contributed by atoms with van der Waals surface area (Å²) in [4.78, 5) is 17.5. The van der Waals surface area contributed by atoms with E-state index in [0.717, 1.165) is 6.26 Å². The molecule has 2 rings (SSSR count). The van der Waals surface area contributed by atoms with Crippen molar-refractivity contribution in [3.05, 3.63) is 36.0 Å². The van der Waals surface area contributed by atoms with Crippen LogP contribution in [0.25, 0.3) is 11.4 Å². The number of carboxylic acid groups (broad SMARTS) is 1. The third-order valence-corrected chi connectivity index (χ3v) is 2.07. The largest absolute Gasteiger partial charge is 0.478 e. The zero-order chi connectivity index (χ0) is 13.3. The molecule has 0 aliphatic carbocycles. The fourth-order valence-electron chi connectivity index (χ4n) is 1.29. The number of rotatable bonds is 2. The summed E-state index contributed by atoms with van der Waals surface area (Å²) in [7, 11) is 0. The smallest absolute Gasteiger partial charge is 0.434 e. The van der Waals surface area contributed by atoms with Crippen molar-refractivity contribution in [2.75, 3.05) is 0 Å². The minimum absolute atomic E-state index is 0.234. The third-order valence-electron chi connectivity index (χ3n) is 2.07. The summed E-state index contributed by atoms with van der Waals surface area (Å²) in [5.74, 6) is -1.98. The molecule has 0 unspecified atom stereocenters. The van der Waals surface area contributed by atoms with Crippen LogP contribution in [0.1, 0.15) is 16.1 Å². The minimum Gasteiger partial charge on any atom is -0.478 e. The molecule has 0 spiro atoms. The molecule has 5 nitrogen and oxygen atoms in total. The lowest BCUT2D eigenvalue weighted by atomic mass is 10.2. The molecule has 2 aromatic rings. The van der Waals surface area contributed by atoms with Gasteiger partial charge < -0.3 is 9.52 Å². The molecule has 0 atom stereocenters. The van der Waals surface area contributed by atoms with E-state index in [1.807, 2.05) is 0 Å². The number of furan rings is 1. The summed E-state index contributed by atoms with van der Waals surface area (Å²) in [5.41, 5.74) is -2.24. The van der Waals surface area contributed by atoms with Crippen LogP contribution in [0.2, 0.25) is 0 Å². The molecule has 0 aliphatic heterocycles. The Balaban J connectivity index is 2.60. The van der Waals surface area contributed by atoms with Gasteiger partial charge in [-0.2, -0.15) is 13.2 Å². The Bertz CT molecular complexity index is 579. The first-order chi connectivity index (χ1) is 8.39. The van der Waals surface area contributed by atoms with E-state index in [9.17, 15) is 18.0 Å². The number of carbonyl (C=O) groups is 1. The lowest BCUT2D eigenvalue weighted by Crippen LogP contribution is -2.16. The highest BCUT2D eigenvalue weighted by Crippen LogP contribution is 2.31. The molecule has 0 aliphatic rings.